The van der Waals surface area contributed by atoms with Gasteiger partial charge in [-0.15, -0.1) is 0 Å². The molecule has 0 aromatic heterocycles. The first-order valence-electron chi connectivity index (χ1n) is 9.92. The van der Waals surface area contributed by atoms with Crippen LogP contribution in [0.3, 0.4) is 0 Å². The van der Waals surface area contributed by atoms with Crippen LogP contribution in [0.4, 0.5) is 26.2 Å². The Morgan fingerprint density at radius 3 is 2.42 bits per heavy atom. The Morgan fingerprint density at radius 1 is 1.06 bits per heavy atom. The molecule has 0 spiro atoms. The van der Waals surface area contributed by atoms with Crippen LogP contribution >= 0.6 is 11.6 Å². The maximum Gasteiger partial charge on any atom is 0.320 e. The number of nitrogens with zero attached hydrogens (tertiary/aromatic N) is 1. The largest absolute Gasteiger partial charge is 0.324 e. The van der Waals surface area contributed by atoms with Crippen molar-refractivity contribution >= 4 is 46.5 Å². The molecule has 0 unspecified atom stereocenters. The lowest BCUT2D eigenvalue weighted by Gasteiger charge is -2.27. The van der Waals surface area contributed by atoms with Crippen LogP contribution in [0.5, 0.6) is 0 Å². The van der Waals surface area contributed by atoms with E-state index in [1.165, 1.54) is 26.0 Å². The SMILES string of the molecule is CC(C)(NC(=O)Nc1ccc(Cl)cc1)C(=O)Nc1ccc(N2CCCCC2=O)cc1F. The molecule has 1 aliphatic rings. The van der Waals surface area contributed by atoms with Crippen LogP contribution in [-0.4, -0.2) is 29.9 Å². The van der Waals surface area contributed by atoms with E-state index in [-0.39, 0.29) is 11.6 Å². The second kappa shape index (κ2) is 9.34. The first-order chi connectivity index (χ1) is 14.7. The zero-order chi connectivity index (χ0) is 22.6. The maximum absolute atomic E-state index is 14.6. The van der Waals surface area contributed by atoms with E-state index in [1.54, 1.807) is 35.2 Å². The number of carbonyl (C=O) groups excluding carboxylic acids is 3. The summed E-state index contributed by atoms with van der Waals surface area (Å²) in [6, 6.07) is 10.1. The van der Waals surface area contributed by atoms with Crippen LogP contribution in [0.25, 0.3) is 0 Å². The average molecular weight is 447 g/mol. The second-order valence-electron chi connectivity index (χ2n) is 7.83. The summed E-state index contributed by atoms with van der Waals surface area (Å²) >= 11 is 5.82. The minimum atomic E-state index is -1.33. The van der Waals surface area contributed by atoms with Gasteiger partial charge >= 0.3 is 6.03 Å². The summed E-state index contributed by atoms with van der Waals surface area (Å²) in [4.78, 5) is 38.5. The Hall–Kier alpha value is -3.13. The van der Waals surface area contributed by atoms with E-state index in [9.17, 15) is 18.8 Å². The number of anilines is 3. The van der Waals surface area contributed by atoms with Crippen molar-refractivity contribution in [2.45, 2.75) is 38.6 Å². The fraction of sp³-hybridized carbons (Fsp3) is 0.318. The molecule has 3 rings (SSSR count). The molecule has 3 N–H and O–H groups in total. The second-order valence-corrected chi connectivity index (χ2v) is 8.27. The van der Waals surface area contributed by atoms with Crippen molar-refractivity contribution < 1.29 is 18.8 Å². The first kappa shape index (κ1) is 22.6. The molecular weight excluding hydrogens is 423 g/mol. The van der Waals surface area contributed by atoms with Crippen molar-refractivity contribution in [3.63, 3.8) is 0 Å². The number of hydrogen-bond acceptors (Lipinski definition) is 3. The number of rotatable bonds is 5. The van der Waals surface area contributed by atoms with Gasteiger partial charge in [-0.25, -0.2) is 9.18 Å². The maximum atomic E-state index is 14.6. The number of piperidine rings is 1. The lowest BCUT2D eigenvalue weighted by atomic mass is 10.0. The summed E-state index contributed by atoms with van der Waals surface area (Å²) in [6.45, 7) is 3.55. The van der Waals surface area contributed by atoms with Crippen LogP contribution in [0.2, 0.25) is 5.02 Å². The van der Waals surface area contributed by atoms with Crippen molar-refractivity contribution in [3.05, 3.63) is 53.3 Å². The standard InChI is InChI=1S/C22H24ClFN4O3/c1-22(2,27-21(31)25-15-8-6-14(23)7-9-15)20(30)26-18-11-10-16(13-17(18)24)28-12-4-3-5-19(28)29/h6-11,13H,3-5,12H2,1-2H3,(H,26,30)(H2,25,27,31). The molecule has 0 bridgehead atoms. The first-order valence-corrected chi connectivity index (χ1v) is 10.3. The lowest BCUT2D eigenvalue weighted by Crippen LogP contribution is -2.53. The minimum Gasteiger partial charge on any atom is -0.324 e. The van der Waals surface area contributed by atoms with E-state index in [0.717, 1.165) is 12.8 Å². The lowest BCUT2D eigenvalue weighted by molar-refractivity contribution is -0.121. The third kappa shape index (κ3) is 5.73. The molecule has 0 atom stereocenters. The molecular formula is C22H24ClFN4O3. The molecule has 1 fully saturated rings. The highest BCUT2D eigenvalue weighted by molar-refractivity contribution is 6.30. The predicted molar refractivity (Wildman–Crippen MR) is 119 cm³/mol. The molecule has 0 saturated carbocycles. The number of halogens is 2. The Labute approximate surface area is 184 Å². The minimum absolute atomic E-state index is 0.0359. The van der Waals surface area contributed by atoms with Gasteiger partial charge in [0.15, 0.2) is 0 Å². The van der Waals surface area contributed by atoms with Gasteiger partial charge in [0.2, 0.25) is 11.8 Å². The van der Waals surface area contributed by atoms with Crippen molar-refractivity contribution in [3.8, 4) is 0 Å². The third-order valence-corrected chi connectivity index (χ3v) is 5.18. The summed E-state index contributed by atoms with van der Waals surface area (Å²) in [5.41, 5.74) is -0.400. The molecule has 9 heteroatoms. The quantitative estimate of drug-likeness (QED) is 0.630. The van der Waals surface area contributed by atoms with Gasteiger partial charge in [0, 0.05) is 29.4 Å². The van der Waals surface area contributed by atoms with Gasteiger partial charge in [-0.05, 0) is 69.2 Å². The fourth-order valence-corrected chi connectivity index (χ4v) is 3.29. The van der Waals surface area contributed by atoms with Gasteiger partial charge in [-0.1, -0.05) is 11.6 Å². The van der Waals surface area contributed by atoms with Crippen molar-refractivity contribution in [1.29, 1.82) is 0 Å². The van der Waals surface area contributed by atoms with Gasteiger partial charge in [-0.3, -0.25) is 9.59 Å². The Balaban J connectivity index is 1.63. The molecule has 2 aromatic carbocycles. The van der Waals surface area contributed by atoms with Crippen LogP contribution in [0, 0.1) is 5.82 Å². The highest BCUT2D eigenvalue weighted by Crippen LogP contribution is 2.26. The number of benzene rings is 2. The van der Waals surface area contributed by atoms with Gasteiger partial charge in [0.05, 0.1) is 5.69 Å². The van der Waals surface area contributed by atoms with E-state index in [4.69, 9.17) is 11.6 Å². The number of nitrogens with one attached hydrogen (secondary N) is 3. The molecule has 1 heterocycles. The van der Waals surface area contributed by atoms with Crippen molar-refractivity contribution in [1.82, 2.24) is 5.32 Å². The molecule has 0 aliphatic carbocycles. The predicted octanol–water partition coefficient (Wildman–Crippen LogP) is 4.53. The molecule has 0 radical (unpaired) electrons. The van der Waals surface area contributed by atoms with Crippen LogP contribution in [-0.2, 0) is 9.59 Å². The van der Waals surface area contributed by atoms with Crippen molar-refractivity contribution in [2.24, 2.45) is 0 Å². The number of hydrogen-bond donors (Lipinski definition) is 3. The van der Waals surface area contributed by atoms with Gasteiger partial charge in [0.1, 0.15) is 11.4 Å². The summed E-state index contributed by atoms with van der Waals surface area (Å²) < 4.78 is 14.6. The Morgan fingerprint density at radius 2 is 1.77 bits per heavy atom. The summed E-state index contributed by atoms with van der Waals surface area (Å²) in [6.07, 6.45) is 2.14. The van der Waals surface area contributed by atoms with Crippen LogP contribution < -0.4 is 20.9 Å². The molecule has 164 valence electrons. The van der Waals surface area contributed by atoms with E-state index >= 15 is 0 Å². The zero-order valence-electron chi connectivity index (χ0n) is 17.3. The number of amides is 4. The molecule has 1 saturated heterocycles. The van der Waals surface area contributed by atoms with E-state index in [0.29, 0.717) is 29.4 Å². The number of carbonyl (C=O) groups is 3. The van der Waals surface area contributed by atoms with E-state index < -0.39 is 23.3 Å². The average Bonchev–Trinajstić information content (AvgIpc) is 2.71. The fourth-order valence-electron chi connectivity index (χ4n) is 3.17. The number of urea groups is 1. The van der Waals surface area contributed by atoms with Crippen LogP contribution in [0.15, 0.2) is 42.5 Å². The molecule has 4 amide bonds. The Kier molecular flexibility index (Phi) is 6.80. The van der Waals surface area contributed by atoms with Crippen LogP contribution in [0.1, 0.15) is 33.1 Å². The van der Waals surface area contributed by atoms with E-state index in [1.807, 2.05) is 0 Å². The normalized spacial score (nSPS) is 14.2. The zero-order valence-corrected chi connectivity index (χ0v) is 18.1. The summed E-state index contributed by atoms with van der Waals surface area (Å²) in [5.74, 6) is -1.30. The molecule has 1 aliphatic heterocycles. The smallest absolute Gasteiger partial charge is 0.320 e. The summed E-state index contributed by atoms with van der Waals surface area (Å²) in [7, 11) is 0. The Bertz CT molecular complexity index is 995. The van der Waals surface area contributed by atoms with Crippen molar-refractivity contribution in [2.75, 3.05) is 22.1 Å². The summed E-state index contributed by atoms with van der Waals surface area (Å²) in [5, 5.41) is 8.18. The molecule has 2 aromatic rings. The monoisotopic (exact) mass is 446 g/mol. The highest BCUT2D eigenvalue weighted by atomic mass is 35.5. The third-order valence-electron chi connectivity index (χ3n) is 4.93. The van der Waals surface area contributed by atoms with Gasteiger partial charge < -0.3 is 20.9 Å². The van der Waals surface area contributed by atoms with Gasteiger partial charge in [-0.2, -0.15) is 0 Å². The van der Waals surface area contributed by atoms with E-state index in [2.05, 4.69) is 16.0 Å². The molecule has 31 heavy (non-hydrogen) atoms. The molecule has 7 nitrogen and oxygen atoms in total. The topological polar surface area (TPSA) is 90.5 Å². The highest BCUT2D eigenvalue weighted by Gasteiger charge is 2.30. The van der Waals surface area contributed by atoms with Gasteiger partial charge in [0.25, 0.3) is 0 Å².